The Bertz CT molecular complexity index is 251. The molecule has 2 atom stereocenters. The molecule has 0 saturated carbocycles. The molecule has 0 aliphatic carbocycles. The second-order valence-corrected chi connectivity index (χ2v) is 5.73. The van der Waals surface area contributed by atoms with Crippen LogP contribution in [0.15, 0.2) is 0 Å². The lowest BCUT2D eigenvalue weighted by Gasteiger charge is -2.39. The summed E-state index contributed by atoms with van der Waals surface area (Å²) in [6.45, 7) is 7.75. The zero-order valence-corrected chi connectivity index (χ0v) is 11.3. The second-order valence-electron chi connectivity index (χ2n) is 5.73. The van der Waals surface area contributed by atoms with Crippen LogP contribution in [0.1, 0.15) is 52.4 Å². The van der Waals surface area contributed by atoms with Crippen molar-refractivity contribution in [2.75, 3.05) is 19.6 Å². The number of carbonyl (C=O) groups excluding carboxylic acids is 1. The fraction of sp³-hybridized carbons (Fsp3) is 0.929. The summed E-state index contributed by atoms with van der Waals surface area (Å²) >= 11 is 0. The highest BCUT2D eigenvalue weighted by Crippen LogP contribution is 2.23. The molecule has 3 nitrogen and oxygen atoms in total. The van der Waals surface area contributed by atoms with E-state index in [-0.39, 0.29) is 0 Å². The van der Waals surface area contributed by atoms with Gasteiger partial charge in [0.1, 0.15) is 0 Å². The van der Waals surface area contributed by atoms with Crippen molar-refractivity contribution in [2.45, 2.75) is 64.5 Å². The molecule has 98 valence electrons. The van der Waals surface area contributed by atoms with Crippen LogP contribution in [0.3, 0.4) is 0 Å². The minimum absolute atomic E-state index is 0.372. The standard InChI is InChI=1S/C14H26N2O/c1-12-6-5-7-13(2)16(12)14(17)8-11-15-9-3-4-10-15/h12-13H,3-11H2,1-2H3. The molecule has 0 aromatic heterocycles. The predicted octanol–water partition coefficient (Wildman–Crippen LogP) is 2.26. The van der Waals surface area contributed by atoms with Gasteiger partial charge in [0, 0.05) is 25.0 Å². The molecule has 2 fully saturated rings. The van der Waals surface area contributed by atoms with Crippen LogP contribution in [0.2, 0.25) is 0 Å². The van der Waals surface area contributed by atoms with E-state index in [1.807, 2.05) is 0 Å². The molecular formula is C14H26N2O. The molecule has 0 N–H and O–H groups in total. The van der Waals surface area contributed by atoms with Crippen LogP contribution in [-0.4, -0.2) is 47.4 Å². The molecule has 2 rings (SSSR count). The molecule has 0 spiro atoms. The molecule has 1 amide bonds. The van der Waals surface area contributed by atoms with E-state index in [9.17, 15) is 4.79 Å². The first-order chi connectivity index (χ1) is 8.18. The maximum absolute atomic E-state index is 12.3. The molecular weight excluding hydrogens is 212 g/mol. The molecule has 3 heteroatoms. The Morgan fingerprint density at radius 2 is 1.65 bits per heavy atom. The Morgan fingerprint density at radius 3 is 2.24 bits per heavy atom. The summed E-state index contributed by atoms with van der Waals surface area (Å²) in [5.74, 6) is 0.372. The molecule has 2 aliphatic heterocycles. The lowest BCUT2D eigenvalue weighted by Crippen LogP contribution is -2.48. The molecule has 2 saturated heterocycles. The summed E-state index contributed by atoms with van der Waals surface area (Å²) in [5, 5.41) is 0. The number of nitrogens with zero attached hydrogens (tertiary/aromatic N) is 2. The van der Waals surface area contributed by atoms with Crippen LogP contribution < -0.4 is 0 Å². The maximum Gasteiger partial charge on any atom is 0.224 e. The van der Waals surface area contributed by atoms with Crippen LogP contribution in [0, 0.1) is 0 Å². The topological polar surface area (TPSA) is 23.6 Å². The van der Waals surface area contributed by atoms with Gasteiger partial charge in [0.15, 0.2) is 0 Å². The van der Waals surface area contributed by atoms with Gasteiger partial charge < -0.3 is 9.80 Å². The number of amides is 1. The highest BCUT2D eigenvalue weighted by molar-refractivity contribution is 5.77. The third-order valence-corrected chi connectivity index (χ3v) is 4.32. The third kappa shape index (κ3) is 3.21. The molecule has 0 radical (unpaired) electrons. The van der Waals surface area contributed by atoms with E-state index in [2.05, 4.69) is 23.6 Å². The van der Waals surface area contributed by atoms with Crippen molar-refractivity contribution in [3.63, 3.8) is 0 Å². The van der Waals surface area contributed by atoms with Gasteiger partial charge in [-0.15, -0.1) is 0 Å². The van der Waals surface area contributed by atoms with Gasteiger partial charge in [-0.25, -0.2) is 0 Å². The van der Waals surface area contributed by atoms with E-state index in [0.717, 1.165) is 6.54 Å². The number of carbonyl (C=O) groups is 1. The van der Waals surface area contributed by atoms with Gasteiger partial charge >= 0.3 is 0 Å². The number of rotatable bonds is 3. The Kier molecular flexibility index (Phi) is 4.43. The van der Waals surface area contributed by atoms with Gasteiger partial charge in [0.25, 0.3) is 0 Å². The van der Waals surface area contributed by atoms with Gasteiger partial charge in [-0.05, 0) is 59.0 Å². The second kappa shape index (κ2) is 5.85. The summed E-state index contributed by atoms with van der Waals surface area (Å²) in [6, 6.07) is 0.898. The maximum atomic E-state index is 12.3. The third-order valence-electron chi connectivity index (χ3n) is 4.32. The molecule has 2 aliphatic rings. The molecule has 2 unspecified atom stereocenters. The summed E-state index contributed by atoms with van der Waals surface area (Å²) in [6.07, 6.45) is 6.97. The summed E-state index contributed by atoms with van der Waals surface area (Å²) in [5.41, 5.74) is 0. The Balaban J connectivity index is 1.80. The van der Waals surface area contributed by atoms with Crippen molar-refractivity contribution in [1.29, 1.82) is 0 Å². The van der Waals surface area contributed by atoms with Gasteiger partial charge in [-0.3, -0.25) is 4.79 Å². The summed E-state index contributed by atoms with van der Waals surface area (Å²) in [4.78, 5) is 16.8. The van der Waals surface area contributed by atoms with Crippen molar-refractivity contribution < 1.29 is 4.79 Å². The van der Waals surface area contributed by atoms with E-state index in [1.165, 1.54) is 45.2 Å². The van der Waals surface area contributed by atoms with E-state index in [4.69, 9.17) is 0 Å². The van der Waals surface area contributed by atoms with Gasteiger partial charge in [-0.1, -0.05) is 0 Å². The van der Waals surface area contributed by atoms with Gasteiger partial charge in [0.2, 0.25) is 5.91 Å². The lowest BCUT2D eigenvalue weighted by molar-refractivity contribution is -0.137. The first-order valence-electron chi connectivity index (χ1n) is 7.22. The molecule has 0 bridgehead atoms. The zero-order chi connectivity index (χ0) is 12.3. The van der Waals surface area contributed by atoms with Crippen LogP contribution in [-0.2, 0) is 4.79 Å². The number of likely N-dealkylation sites (tertiary alicyclic amines) is 2. The van der Waals surface area contributed by atoms with E-state index in [1.54, 1.807) is 0 Å². The van der Waals surface area contributed by atoms with Crippen molar-refractivity contribution >= 4 is 5.91 Å². The van der Waals surface area contributed by atoms with Crippen LogP contribution in [0.4, 0.5) is 0 Å². The van der Waals surface area contributed by atoms with Crippen molar-refractivity contribution in [1.82, 2.24) is 9.80 Å². The lowest BCUT2D eigenvalue weighted by atomic mass is 9.97. The molecule has 17 heavy (non-hydrogen) atoms. The highest BCUT2D eigenvalue weighted by atomic mass is 16.2. The van der Waals surface area contributed by atoms with Crippen molar-refractivity contribution in [3.05, 3.63) is 0 Å². The largest absolute Gasteiger partial charge is 0.337 e. The molecule has 0 aromatic rings. The average molecular weight is 238 g/mol. The Morgan fingerprint density at radius 1 is 1.06 bits per heavy atom. The number of hydrogen-bond acceptors (Lipinski definition) is 2. The predicted molar refractivity (Wildman–Crippen MR) is 69.9 cm³/mol. The average Bonchev–Trinajstić information content (AvgIpc) is 2.79. The van der Waals surface area contributed by atoms with Crippen molar-refractivity contribution in [2.24, 2.45) is 0 Å². The quantitative estimate of drug-likeness (QED) is 0.753. The summed E-state index contributed by atoms with van der Waals surface area (Å²) in [7, 11) is 0. The summed E-state index contributed by atoms with van der Waals surface area (Å²) < 4.78 is 0. The first-order valence-corrected chi connectivity index (χ1v) is 7.22. The Hall–Kier alpha value is -0.570. The minimum atomic E-state index is 0.372. The van der Waals surface area contributed by atoms with E-state index < -0.39 is 0 Å². The number of piperidine rings is 1. The molecule has 2 heterocycles. The fourth-order valence-electron chi connectivity index (χ4n) is 3.30. The molecule has 0 aromatic carbocycles. The number of hydrogen-bond donors (Lipinski definition) is 0. The SMILES string of the molecule is CC1CCCC(C)N1C(=O)CCN1CCCC1. The zero-order valence-electron chi connectivity index (χ0n) is 11.3. The highest BCUT2D eigenvalue weighted by Gasteiger charge is 2.28. The monoisotopic (exact) mass is 238 g/mol. The van der Waals surface area contributed by atoms with Gasteiger partial charge in [-0.2, -0.15) is 0 Å². The normalized spacial score (nSPS) is 30.8. The minimum Gasteiger partial charge on any atom is -0.337 e. The fourth-order valence-corrected chi connectivity index (χ4v) is 3.30. The van der Waals surface area contributed by atoms with Crippen molar-refractivity contribution in [3.8, 4) is 0 Å². The Labute approximate surface area is 105 Å². The van der Waals surface area contributed by atoms with Gasteiger partial charge in [0.05, 0.1) is 0 Å². The van der Waals surface area contributed by atoms with E-state index >= 15 is 0 Å². The van der Waals surface area contributed by atoms with Crippen LogP contribution in [0.25, 0.3) is 0 Å². The van der Waals surface area contributed by atoms with Crippen LogP contribution >= 0.6 is 0 Å². The smallest absolute Gasteiger partial charge is 0.224 e. The van der Waals surface area contributed by atoms with Crippen LogP contribution in [0.5, 0.6) is 0 Å². The van der Waals surface area contributed by atoms with E-state index in [0.29, 0.717) is 24.4 Å². The first kappa shape index (κ1) is 12.9.